The highest BCUT2D eigenvalue weighted by Gasteiger charge is 2.32. The number of fused-ring (bicyclic) bond motifs is 1. The van der Waals surface area contributed by atoms with Gasteiger partial charge in [-0.05, 0) is 37.0 Å². The number of ether oxygens (including phenoxy) is 1. The first kappa shape index (κ1) is 11.8. The molecule has 0 amide bonds. The minimum absolute atomic E-state index is 0.0582. The summed E-state index contributed by atoms with van der Waals surface area (Å²) in [6, 6.07) is 3.96. The summed E-state index contributed by atoms with van der Waals surface area (Å²) < 4.78 is 4.73. The SMILES string of the molecule is COC(=O)C1CC(=O)c2c(C)ccc(C)c2C1. The molecule has 1 aliphatic carbocycles. The standard InChI is InChI=1S/C14H16O3/c1-8-4-5-9(2)13-11(8)6-10(7-12(13)15)14(16)17-3/h4-5,10H,6-7H2,1-3H3. The quantitative estimate of drug-likeness (QED) is 0.697. The van der Waals surface area contributed by atoms with Crippen molar-refractivity contribution in [3.63, 3.8) is 0 Å². The van der Waals surface area contributed by atoms with Gasteiger partial charge in [0.05, 0.1) is 13.0 Å². The van der Waals surface area contributed by atoms with Gasteiger partial charge in [-0.25, -0.2) is 0 Å². The van der Waals surface area contributed by atoms with Crippen LogP contribution in [0.3, 0.4) is 0 Å². The van der Waals surface area contributed by atoms with Crippen LogP contribution in [0.5, 0.6) is 0 Å². The first-order valence-corrected chi connectivity index (χ1v) is 5.74. The molecule has 0 heterocycles. The molecular weight excluding hydrogens is 216 g/mol. The van der Waals surface area contributed by atoms with Crippen LogP contribution in [0.25, 0.3) is 0 Å². The molecule has 2 rings (SSSR count). The van der Waals surface area contributed by atoms with E-state index >= 15 is 0 Å². The molecule has 0 saturated carbocycles. The van der Waals surface area contributed by atoms with Crippen LogP contribution in [-0.2, 0) is 16.0 Å². The molecule has 0 spiro atoms. The summed E-state index contributed by atoms with van der Waals surface area (Å²) in [6.07, 6.45) is 0.880. The lowest BCUT2D eigenvalue weighted by molar-refractivity contribution is -0.145. The van der Waals surface area contributed by atoms with Crippen molar-refractivity contribution in [2.75, 3.05) is 7.11 Å². The van der Waals surface area contributed by atoms with Crippen LogP contribution in [0.4, 0.5) is 0 Å². The van der Waals surface area contributed by atoms with Crippen LogP contribution >= 0.6 is 0 Å². The van der Waals surface area contributed by atoms with Crippen LogP contribution in [-0.4, -0.2) is 18.9 Å². The number of carbonyl (C=O) groups is 2. The Morgan fingerprint density at radius 2 is 1.88 bits per heavy atom. The van der Waals surface area contributed by atoms with Crippen molar-refractivity contribution in [3.8, 4) is 0 Å². The average Bonchev–Trinajstić information content (AvgIpc) is 2.32. The molecule has 3 nitrogen and oxygen atoms in total. The van der Waals surface area contributed by atoms with E-state index in [0.717, 1.165) is 22.3 Å². The Labute approximate surface area is 101 Å². The van der Waals surface area contributed by atoms with Gasteiger partial charge in [-0.3, -0.25) is 9.59 Å². The maximum atomic E-state index is 12.1. The van der Waals surface area contributed by atoms with E-state index in [4.69, 9.17) is 4.74 Å². The summed E-state index contributed by atoms with van der Waals surface area (Å²) in [6.45, 7) is 3.92. The van der Waals surface area contributed by atoms with Crippen molar-refractivity contribution in [2.45, 2.75) is 26.7 Å². The summed E-state index contributed by atoms with van der Waals surface area (Å²) in [5, 5.41) is 0. The van der Waals surface area contributed by atoms with E-state index in [1.165, 1.54) is 7.11 Å². The number of hydrogen-bond donors (Lipinski definition) is 0. The molecule has 3 heteroatoms. The number of hydrogen-bond acceptors (Lipinski definition) is 3. The van der Waals surface area contributed by atoms with Gasteiger partial charge in [0.2, 0.25) is 0 Å². The molecule has 1 aromatic carbocycles. The van der Waals surface area contributed by atoms with E-state index in [1.54, 1.807) is 0 Å². The Kier molecular flexibility index (Phi) is 3.01. The minimum Gasteiger partial charge on any atom is -0.469 e. The Hall–Kier alpha value is -1.64. The number of ketones is 1. The van der Waals surface area contributed by atoms with Gasteiger partial charge >= 0.3 is 5.97 Å². The smallest absolute Gasteiger partial charge is 0.309 e. The molecular formula is C14H16O3. The van der Waals surface area contributed by atoms with Gasteiger partial charge in [-0.15, -0.1) is 0 Å². The summed E-state index contributed by atoms with van der Waals surface area (Å²) in [5.41, 5.74) is 3.90. The van der Waals surface area contributed by atoms with Crippen molar-refractivity contribution in [3.05, 3.63) is 34.4 Å². The molecule has 1 aromatic rings. The van der Waals surface area contributed by atoms with E-state index < -0.39 is 0 Å². The number of benzene rings is 1. The average molecular weight is 232 g/mol. The lowest BCUT2D eigenvalue weighted by atomic mass is 9.79. The monoisotopic (exact) mass is 232 g/mol. The van der Waals surface area contributed by atoms with Crippen molar-refractivity contribution in [2.24, 2.45) is 5.92 Å². The van der Waals surface area contributed by atoms with Gasteiger partial charge in [0.25, 0.3) is 0 Å². The highest BCUT2D eigenvalue weighted by atomic mass is 16.5. The first-order chi connectivity index (χ1) is 8.04. The van der Waals surface area contributed by atoms with Crippen molar-refractivity contribution < 1.29 is 14.3 Å². The Morgan fingerprint density at radius 3 is 2.53 bits per heavy atom. The Morgan fingerprint density at radius 1 is 1.24 bits per heavy atom. The zero-order valence-corrected chi connectivity index (χ0v) is 10.4. The second-order valence-corrected chi connectivity index (χ2v) is 4.60. The molecule has 1 unspecified atom stereocenters. The fourth-order valence-corrected chi connectivity index (χ4v) is 2.50. The van der Waals surface area contributed by atoms with Crippen molar-refractivity contribution >= 4 is 11.8 Å². The molecule has 1 atom stereocenters. The lowest BCUT2D eigenvalue weighted by Gasteiger charge is -2.24. The number of carbonyl (C=O) groups excluding carboxylic acids is 2. The van der Waals surface area contributed by atoms with Crippen molar-refractivity contribution in [1.29, 1.82) is 0 Å². The Balaban J connectivity index is 2.46. The molecule has 0 aromatic heterocycles. The summed E-state index contributed by atoms with van der Waals surface area (Å²) >= 11 is 0. The number of rotatable bonds is 1. The molecule has 0 radical (unpaired) electrons. The predicted molar refractivity (Wildman–Crippen MR) is 64.1 cm³/mol. The van der Waals surface area contributed by atoms with Gasteiger partial charge in [0.15, 0.2) is 5.78 Å². The zero-order valence-electron chi connectivity index (χ0n) is 10.4. The van der Waals surface area contributed by atoms with Crippen molar-refractivity contribution in [1.82, 2.24) is 0 Å². The molecule has 1 aliphatic rings. The van der Waals surface area contributed by atoms with E-state index in [1.807, 2.05) is 26.0 Å². The van der Waals surface area contributed by atoms with E-state index in [9.17, 15) is 9.59 Å². The molecule has 17 heavy (non-hydrogen) atoms. The topological polar surface area (TPSA) is 43.4 Å². The van der Waals surface area contributed by atoms with E-state index in [2.05, 4.69) is 0 Å². The fraction of sp³-hybridized carbons (Fsp3) is 0.429. The van der Waals surface area contributed by atoms with Gasteiger partial charge in [-0.1, -0.05) is 12.1 Å². The summed E-state index contributed by atoms with van der Waals surface area (Å²) in [5.74, 6) is -0.548. The zero-order chi connectivity index (χ0) is 12.6. The van der Waals surface area contributed by atoms with Crippen LogP contribution < -0.4 is 0 Å². The maximum absolute atomic E-state index is 12.1. The normalized spacial score (nSPS) is 18.8. The van der Waals surface area contributed by atoms with Crippen LogP contribution in [0.15, 0.2) is 12.1 Å². The Bertz CT molecular complexity index is 488. The van der Waals surface area contributed by atoms with Gasteiger partial charge in [-0.2, -0.15) is 0 Å². The number of aryl methyl sites for hydroxylation is 2. The fourth-order valence-electron chi connectivity index (χ4n) is 2.50. The minimum atomic E-state index is -0.319. The van der Waals surface area contributed by atoms with Gasteiger partial charge < -0.3 is 4.74 Å². The highest BCUT2D eigenvalue weighted by molar-refractivity contribution is 6.02. The van der Waals surface area contributed by atoms with Crippen LogP contribution in [0.2, 0.25) is 0 Å². The van der Waals surface area contributed by atoms with E-state index in [0.29, 0.717) is 6.42 Å². The lowest BCUT2D eigenvalue weighted by Crippen LogP contribution is -2.28. The summed E-state index contributed by atoms with van der Waals surface area (Å²) in [7, 11) is 1.37. The number of Topliss-reactive ketones (excluding diaryl/α,β-unsaturated/α-hetero) is 1. The third-order valence-corrected chi connectivity index (χ3v) is 3.45. The second-order valence-electron chi connectivity index (χ2n) is 4.60. The molecule has 0 bridgehead atoms. The maximum Gasteiger partial charge on any atom is 0.309 e. The molecule has 90 valence electrons. The highest BCUT2D eigenvalue weighted by Crippen LogP contribution is 2.30. The molecule has 0 N–H and O–H groups in total. The largest absolute Gasteiger partial charge is 0.469 e. The van der Waals surface area contributed by atoms with Crippen LogP contribution in [0, 0.1) is 19.8 Å². The first-order valence-electron chi connectivity index (χ1n) is 5.74. The molecule has 0 aliphatic heterocycles. The molecule has 0 fully saturated rings. The second kappa shape index (κ2) is 4.32. The van der Waals surface area contributed by atoms with Gasteiger partial charge in [0, 0.05) is 12.0 Å². The molecule has 0 saturated heterocycles. The predicted octanol–water partition coefficient (Wildman–Crippen LogP) is 2.22. The number of methoxy groups -OCH3 is 1. The van der Waals surface area contributed by atoms with Crippen LogP contribution in [0.1, 0.15) is 33.5 Å². The third kappa shape index (κ3) is 1.97. The van der Waals surface area contributed by atoms with E-state index in [-0.39, 0.29) is 24.1 Å². The number of esters is 1. The summed E-state index contributed by atoms with van der Waals surface area (Å²) in [4.78, 5) is 23.6. The third-order valence-electron chi connectivity index (χ3n) is 3.45. The van der Waals surface area contributed by atoms with Gasteiger partial charge in [0.1, 0.15) is 0 Å².